The summed E-state index contributed by atoms with van der Waals surface area (Å²) in [6, 6.07) is 12.3. The Morgan fingerprint density at radius 3 is 2.45 bits per heavy atom. The second-order valence-corrected chi connectivity index (χ2v) is 8.52. The molecule has 0 radical (unpaired) electrons. The molecule has 1 N–H and O–H groups in total. The van der Waals surface area contributed by atoms with Gasteiger partial charge in [0.25, 0.3) is 5.91 Å². The Hall–Kier alpha value is -3.43. The maximum absolute atomic E-state index is 13.1. The lowest BCUT2D eigenvalue weighted by atomic mass is 10.1. The topological polar surface area (TPSA) is 91.4 Å². The standard InChI is InChI=1S/C24H26N4O5/c1-16(29)25-18-3-5-19(6-4-18)28-23(30)13-20(24(28)31)27-10-8-26(9-11-27)14-17-2-7-21-22(12-17)33-15-32-21/h2-7,12,20H,8-11,13-15H2,1H3,(H,25,29)/t20-/m0/s1. The minimum Gasteiger partial charge on any atom is -0.454 e. The number of hydrogen-bond donors (Lipinski definition) is 1. The number of carbonyl (C=O) groups excluding carboxylic acids is 3. The van der Waals surface area contributed by atoms with E-state index < -0.39 is 6.04 Å². The number of rotatable bonds is 5. The molecule has 172 valence electrons. The van der Waals surface area contributed by atoms with Crippen LogP contribution in [-0.2, 0) is 20.9 Å². The number of hydrogen-bond acceptors (Lipinski definition) is 7. The first-order chi connectivity index (χ1) is 16.0. The molecule has 0 aromatic heterocycles. The van der Waals surface area contributed by atoms with Crippen LogP contribution < -0.4 is 19.7 Å². The van der Waals surface area contributed by atoms with Gasteiger partial charge in [-0.3, -0.25) is 24.2 Å². The number of imide groups is 1. The van der Waals surface area contributed by atoms with Gasteiger partial charge < -0.3 is 14.8 Å². The highest BCUT2D eigenvalue weighted by atomic mass is 16.7. The normalized spacial score (nSPS) is 21.0. The molecule has 2 aromatic rings. The molecular weight excluding hydrogens is 424 g/mol. The van der Waals surface area contributed by atoms with Crippen LogP contribution in [0.3, 0.4) is 0 Å². The van der Waals surface area contributed by atoms with E-state index in [9.17, 15) is 14.4 Å². The lowest BCUT2D eigenvalue weighted by Crippen LogP contribution is -2.52. The monoisotopic (exact) mass is 450 g/mol. The van der Waals surface area contributed by atoms with Gasteiger partial charge in [-0.2, -0.15) is 0 Å². The first-order valence-electron chi connectivity index (χ1n) is 11.1. The van der Waals surface area contributed by atoms with E-state index in [1.807, 2.05) is 18.2 Å². The Kier molecular flexibility index (Phi) is 5.74. The third kappa shape index (κ3) is 4.42. The molecule has 0 spiro atoms. The van der Waals surface area contributed by atoms with Crippen molar-refractivity contribution in [2.45, 2.75) is 25.9 Å². The Morgan fingerprint density at radius 1 is 1.00 bits per heavy atom. The number of amides is 3. The highest BCUT2D eigenvalue weighted by molar-refractivity contribution is 6.22. The van der Waals surface area contributed by atoms with E-state index in [4.69, 9.17) is 9.47 Å². The molecule has 2 aromatic carbocycles. The molecule has 3 heterocycles. The van der Waals surface area contributed by atoms with Gasteiger partial charge >= 0.3 is 0 Å². The van der Waals surface area contributed by atoms with Crippen molar-refractivity contribution >= 4 is 29.1 Å². The largest absolute Gasteiger partial charge is 0.454 e. The lowest BCUT2D eigenvalue weighted by Gasteiger charge is -2.37. The average Bonchev–Trinajstić information content (AvgIpc) is 3.38. The summed E-state index contributed by atoms with van der Waals surface area (Å²) in [5.74, 6) is 1.01. The van der Waals surface area contributed by atoms with Crippen molar-refractivity contribution in [3.8, 4) is 11.5 Å². The molecule has 0 saturated carbocycles. The van der Waals surface area contributed by atoms with Crippen molar-refractivity contribution in [2.75, 3.05) is 43.2 Å². The molecule has 0 unspecified atom stereocenters. The summed E-state index contributed by atoms with van der Waals surface area (Å²) in [7, 11) is 0. The zero-order valence-corrected chi connectivity index (χ0v) is 18.5. The zero-order valence-electron chi connectivity index (χ0n) is 18.5. The van der Waals surface area contributed by atoms with Crippen LogP contribution in [0.2, 0.25) is 0 Å². The lowest BCUT2D eigenvalue weighted by molar-refractivity contribution is -0.123. The van der Waals surface area contributed by atoms with Gasteiger partial charge in [0.1, 0.15) is 0 Å². The predicted octanol–water partition coefficient (Wildman–Crippen LogP) is 1.82. The van der Waals surface area contributed by atoms with Crippen LogP contribution in [0.25, 0.3) is 0 Å². The number of carbonyl (C=O) groups is 3. The van der Waals surface area contributed by atoms with Crippen molar-refractivity contribution in [2.24, 2.45) is 0 Å². The van der Waals surface area contributed by atoms with Gasteiger partial charge in [-0.1, -0.05) is 6.07 Å². The summed E-state index contributed by atoms with van der Waals surface area (Å²) in [5.41, 5.74) is 2.32. The second-order valence-electron chi connectivity index (χ2n) is 8.52. The fourth-order valence-corrected chi connectivity index (χ4v) is 4.60. The average molecular weight is 450 g/mol. The van der Waals surface area contributed by atoms with Gasteiger partial charge in [0.05, 0.1) is 18.2 Å². The maximum Gasteiger partial charge on any atom is 0.251 e. The van der Waals surface area contributed by atoms with Crippen LogP contribution in [0.5, 0.6) is 11.5 Å². The molecule has 2 fully saturated rings. The zero-order chi connectivity index (χ0) is 22.9. The second kappa shape index (κ2) is 8.84. The van der Waals surface area contributed by atoms with E-state index in [0.29, 0.717) is 11.4 Å². The first-order valence-corrected chi connectivity index (χ1v) is 11.1. The third-order valence-corrected chi connectivity index (χ3v) is 6.26. The fraction of sp³-hybridized carbons (Fsp3) is 0.375. The number of ether oxygens (including phenoxy) is 2. The fourth-order valence-electron chi connectivity index (χ4n) is 4.60. The van der Waals surface area contributed by atoms with Gasteiger partial charge in [-0.25, -0.2) is 4.90 Å². The molecule has 3 aliphatic rings. The van der Waals surface area contributed by atoms with Crippen LogP contribution in [0.1, 0.15) is 18.9 Å². The smallest absolute Gasteiger partial charge is 0.251 e. The highest BCUT2D eigenvalue weighted by Crippen LogP contribution is 2.33. The first kappa shape index (κ1) is 21.4. The molecular formula is C24H26N4O5. The summed E-state index contributed by atoms with van der Waals surface area (Å²) in [5, 5.41) is 2.69. The molecule has 33 heavy (non-hydrogen) atoms. The minimum atomic E-state index is -0.430. The molecule has 1 atom stereocenters. The van der Waals surface area contributed by atoms with Crippen molar-refractivity contribution in [1.29, 1.82) is 0 Å². The van der Waals surface area contributed by atoms with E-state index in [0.717, 1.165) is 49.8 Å². The molecule has 2 saturated heterocycles. The number of piperazine rings is 1. The Labute approximate surface area is 191 Å². The Bertz CT molecular complexity index is 1080. The Morgan fingerprint density at radius 2 is 1.73 bits per heavy atom. The maximum atomic E-state index is 13.1. The number of anilines is 2. The quantitative estimate of drug-likeness (QED) is 0.695. The third-order valence-electron chi connectivity index (χ3n) is 6.26. The van der Waals surface area contributed by atoms with Gasteiger partial charge in [-0.05, 0) is 42.0 Å². The van der Waals surface area contributed by atoms with Gasteiger partial charge in [0.15, 0.2) is 11.5 Å². The van der Waals surface area contributed by atoms with E-state index in [1.54, 1.807) is 24.3 Å². The van der Waals surface area contributed by atoms with Crippen LogP contribution in [0, 0.1) is 0 Å². The number of nitrogens with one attached hydrogen (secondary N) is 1. The molecule has 3 aliphatic heterocycles. The van der Waals surface area contributed by atoms with E-state index >= 15 is 0 Å². The van der Waals surface area contributed by atoms with Crippen molar-refractivity contribution < 1.29 is 23.9 Å². The van der Waals surface area contributed by atoms with Crippen LogP contribution in [-0.4, -0.2) is 66.5 Å². The van der Waals surface area contributed by atoms with Crippen molar-refractivity contribution in [3.63, 3.8) is 0 Å². The van der Waals surface area contributed by atoms with E-state index in [2.05, 4.69) is 15.1 Å². The molecule has 3 amide bonds. The van der Waals surface area contributed by atoms with Crippen LogP contribution in [0.15, 0.2) is 42.5 Å². The van der Waals surface area contributed by atoms with E-state index in [1.165, 1.54) is 11.8 Å². The highest BCUT2D eigenvalue weighted by Gasteiger charge is 2.43. The molecule has 0 bridgehead atoms. The predicted molar refractivity (Wildman–Crippen MR) is 121 cm³/mol. The summed E-state index contributed by atoms with van der Waals surface area (Å²) in [6.07, 6.45) is 0.189. The van der Waals surface area contributed by atoms with Crippen LogP contribution >= 0.6 is 0 Å². The van der Waals surface area contributed by atoms with Gasteiger partial charge in [0, 0.05) is 45.3 Å². The summed E-state index contributed by atoms with van der Waals surface area (Å²) >= 11 is 0. The summed E-state index contributed by atoms with van der Waals surface area (Å²) in [6.45, 7) is 5.58. The van der Waals surface area contributed by atoms with Crippen LogP contribution in [0.4, 0.5) is 11.4 Å². The summed E-state index contributed by atoms with van der Waals surface area (Å²) < 4.78 is 10.8. The molecule has 5 rings (SSSR count). The van der Waals surface area contributed by atoms with Gasteiger partial charge in [0.2, 0.25) is 18.6 Å². The Balaban J connectivity index is 1.18. The SMILES string of the molecule is CC(=O)Nc1ccc(N2C(=O)C[C@H](N3CCN(Cc4ccc5c(c4)OCO5)CC3)C2=O)cc1. The molecule has 9 heteroatoms. The number of nitrogens with zero attached hydrogens (tertiary/aromatic N) is 3. The van der Waals surface area contributed by atoms with E-state index in [-0.39, 0.29) is 30.9 Å². The minimum absolute atomic E-state index is 0.172. The summed E-state index contributed by atoms with van der Waals surface area (Å²) in [4.78, 5) is 42.7. The molecule has 0 aliphatic carbocycles. The van der Waals surface area contributed by atoms with Gasteiger partial charge in [-0.15, -0.1) is 0 Å². The number of benzene rings is 2. The van der Waals surface area contributed by atoms with Crippen molar-refractivity contribution in [3.05, 3.63) is 48.0 Å². The molecule has 9 nitrogen and oxygen atoms in total. The van der Waals surface area contributed by atoms with Crippen molar-refractivity contribution in [1.82, 2.24) is 9.80 Å². The number of fused-ring (bicyclic) bond motifs is 1.